The zero-order valence-corrected chi connectivity index (χ0v) is 11.8. The van der Waals surface area contributed by atoms with Gasteiger partial charge in [0, 0.05) is 12.2 Å². The maximum Gasteiger partial charge on any atom is 0.129 e. The summed E-state index contributed by atoms with van der Waals surface area (Å²) in [6, 6.07) is 4.48. The monoisotopic (exact) mass is 246 g/mol. The number of aromatic nitrogens is 1. The summed E-state index contributed by atoms with van der Waals surface area (Å²) >= 11 is 0. The van der Waals surface area contributed by atoms with Gasteiger partial charge in [-0.25, -0.2) is 4.98 Å². The minimum Gasteiger partial charge on any atom is -0.370 e. The van der Waals surface area contributed by atoms with Crippen molar-refractivity contribution < 1.29 is 0 Å². The molecule has 0 bridgehead atoms. The minimum absolute atomic E-state index is 0.878. The van der Waals surface area contributed by atoms with Crippen LogP contribution in [0, 0.1) is 5.92 Å². The Morgan fingerprint density at radius 1 is 1.33 bits per heavy atom. The number of rotatable bonds is 6. The van der Waals surface area contributed by atoms with E-state index < -0.39 is 0 Å². The Bertz CT molecular complexity index is 373. The Hall–Kier alpha value is -1.05. The zero-order chi connectivity index (χ0) is 12.8. The lowest BCUT2D eigenvalue weighted by Crippen LogP contribution is -2.14. The lowest BCUT2D eigenvalue weighted by atomic mass is 10.00. The van der Waals surface area contributed by atoms with Crippen molar-refractivity contribution in [3.05, 3.63) is 23.4 Å². The molecule has 1 aliphatic rings. The van der Waals surface area contributed by atoms with E-state index in [1.165, 1.54) is 49.8 Å². The second-order valence-electron chi connectivity index (χ2n) is 5.60. The Morgan fingerprint density at radius 2 is 2.22 bits per heavy atom. The second-order valence-corrected chi connectivity index (χ2v) is 5.60. The molecule has 18 heavy (non-hydrogen) atoms. The first-order valence-electron chi connectivity index (χ1n) is 7.52. The molecule has 1 aromatic rings. The molecule has 0 spiro atoms. The van der Waals surface area contributed by atoms with Crippen molar-refractivity contribution in [2.45, 2.75) is 58.8 Å². The van der Waals surface area contributed by atoms with Gasteiger partial charge in [0.15, 0.2) is 0 Å². The molecule has 2 rings (SSSR count). The van der Waals surface area contributed by atoms with E-state index in [-0.39, 0.29) is 0 Å². The maximum absolute atomic E-state index is 4.74. The van der Waals surface area contributed by atoms with E-state index in [0.717, 1.165) is 24.7 Å². The van der Waals surface area contributed by atoms with E-state index in [9.17, 15) is 0 Å². The van der Waals surface area contributed by atoms with Crippen LogP contribution < -0.4 is 5.32 Å². The Morgan fingerprint density at radius 3 is 3.06 bits per heavy atom. The fraction of sp³-hybridized carbons (Fsp3) is 0.688. The molecular formula is C16H26N2. The van der Waals surface area contributed by atoms with Crippen LogP contribution in [0.2, 0.25) is 0 Å². The molecule has 1 atom stereocenters. The van der Waals surface area contributed by atoms with E-state index in [1.807, 2.05) is 0 Å². The fourth-order valence-corrected chi connectivity index (χ4v) is 2.51. The highest BCUT2D eigenvalue weighted by Gasteiger charge is 2.10. The van der Waals surface area contributed by atoms with Crippen LogP contribution in [0.25, 0.3) is 0 Å². The number of unbranched alkanes of at least 4 members (excludes halogenated alkanes) is 1. The third kappa shape index (κ3) is 3.72. The molecule has 0 unspecified atom stereocenters. The number of nitrogens with zero attached hydrogens (tertiary/aromatic N) is 1. The first-order chi connectivity index (χ1) is 8.79. The normalized spacial score (nSPS) is 15.9. The predicted octanol–water partition coefficient (Wildman–Crippen LogP) is 4.20. The van der Waals surface area contributed by atoms with Gasteiger partial charge in [0.2, 0.25) is 0 Å². The number of fused-ring (bicyclic) bond motifs is 1. The molecule has 0 aliphatic carbocycles. The van der Waals surface area contributed by atoms with Gasteiger partial charge >= 0.3 is 0 Å². The third-order valence-corrected chi connectivity index (χ3v) is 4.03. The number of aryl methyl sites for hydroxylation is 2. The summed E-state index contributed by atoms with van der Waals surface area (Å²) in [5, 5.41) is 3.41. The molecule has 0 saturated heterocycles. The van der Waals surface area contributed by atoms with Gasteiger partial charge in [-0.3, -0.25) is 0 Å². The number of pyridine rings is 1. The summed E-state index contributed by atoms with van der Waals surface area (Å²) in [4.78, 5) is 4.74. The number of anilines is 1. The van der Waals surface area contributed by atoms with Crippen molar-refractivity contribution in [2.24, 2.45) is 5.92 Å². The number of nitrogens with one attached hydrogen (secondary N) is 1. The van der Waals surface area contributed by atoms with Crippen molar-refractivity contribution in [3.8, 4) is 0 Å². The lowest BCUT2D eigenvalue weighted by Gasteiger charge is -2.17. The summed E-state index contributed by atoms with van der Waals surface area (Å²) in [5.74, 6) is 2.02. The minimum atomic E-state index is 0.878. The summed E-state index contributed by atoms with van der Waals surface area (Å²) < 4.78 is 0. The van der Waals surface area contributed by atoms with Crippen LogP contribution >= 0.6 is 0 Å². The summed E-state index contributed by atoms with van der Waals surface area (Å²) in [6.07, 6.45) is 8.83. The second kappa shape index (κ2) is 6.77. The van der Waals surface area contributed by atoms with Crippen molar-refractivity contribution >= 4 is 5.82 Å². The van der Waals surface area contributed by atoms with Gasteiger partial charge in [-0.2, -0.15) is 0 Å². The average molecular weight is 246 g/mol. The van der Waals surface area contributed by atoms with E-state index in [1.54, 1.807) is 0 Å². The molecule has 0 radical (unpaired) electrons. The van der Waals surface area contributed by atoms with Crippen LogP contribution in [0.15, 0.2) is 12.1 Å². The number of hydrogen-bond donors (Lipinski definition) is 1. The van der Waals surface area contributed by atoms with Gasteiger partial charge in [-0.05, 0) is 43.2 Å². The molecule has 2 heterocycles. The largest absolute Gasteiger partial charge is 0.370 e. The highest BCUT2D eigenvalue weighted by molar-refractivity contribution is 5.46. The highest BCUT2D eigenvalue weighted by atomic mass is 15.0. The zero-order valence-electron chi connectivity index (χ0n) is 11.8. The highest BCUT2D eigenvalue weighted by Crippen LogP contribution is 2.20. The van der Waals surface area contributed by atoms with Gasteiger partial charge in [0.25, 0.3) is 0 Å². The van der Waals surface area contributed by atoms with Gasteiger partial charge in [-0.1, -0.05) is 39.2 Å². The van der Waals surface area contributed by atoms with Crippen molar-refractivity contribution in [3.63, 3.8) is 0 Å². The predicted molar refractivity (Wildman–Crippen MR) is 78.1 cm³/mol. The maximum atomic E-state index is 4.74. The standard InChI is InChI=1S/C16H26N2/c1-3-13(2)7-4-5-9-15-11-10-14-8-6-12-17-16(14)18-15/h10-11,13H,3-9,12H2,1-2H3,(H,17,18)/t13-/m1/s1. The van der Waals surface area contributed by atoms with Crippen molar-refractivity contribution in [2.75, 3.05) is 11.9 Å². The molecule has 1 aliphatic heterocycles. The van der Waals surface area contributed by atoms with Crippen LogP contribution in [0.5, 0.6) is 0 Å². The SMILES string of the molecule is CC[C@@H](C)CCCCc1ccc2c(n1)NCCC2. The molecule has 1 aromatic heterocycles. The summed E-state index contributed by atoms with van der Waals surface area (Å²) in [6.45, 7) is 5.71. The Balaban J connectivity index is 1.79. The molecule has 0 aromatic carbocycles. The fourth-order valence-electron chi connectivity index (χ4n) is 2.51. The van der Waals surface area contributed by atoms with E-state index >= 15 is 0 Å². The molecule has 0 amide bonds. The lowest BCUT2D eigenvalue weighted by molar-refractivity contribution is 0.484. The molecular weight excluding hydrogens is 220 g/mol. The molecule has 2 heteroatoms. The molecule has 2 nitrogen and oxygen atoms in total. The molecule has 100 valence electrons. The van der Waals surface area contributed by atoms with Crippen molar-refractivity contribution in [1.29, 1.82) is 0 Å². The first kappa shape index (κ1) is 13.4. The Kier molecular flexibility index (Phi) is 5.03. The van der Waals surface area contributed by atoms with Crippen molar-refractivity contribution in [1.82, 2.24) is 4.98 Å². The summed E-state index contributed by atoms with van der Waals surface area (Å²) in [7, 11) is 0. The summed E-state index contributed by atoms with van der Waals surface area (Å²) in [5.41, 5.74) is 2.65. The van der Waals surface area contributed by atoms with E-state index in [2.05, 4.69) is 31.3 Å². The van der Waals surface area contributed by atoms with Crippen LogP contribution in [-0.2, 0) is 12.8 Å². The van der Waals surface area contributed by atoms with Gasteiger partial charge in [0.1, 0.15) is 5.82 Å². The van der Waals surface area contributed by atoms with E-state index in [0.29, 0.717) is 0 Å². The van der Waals surface area contributed by atoms with Crippen LogP contribution in [-0.4, -0.2) is 11.5 Å². The molecule has 0 fully saturated rings. The smallest absolute Gasteiger partial charge is 0.129 e. The van der Waals surface area contributed by atoms with Gasteiger partial charge in [-0.15, -0.1) is 0 Å². The van der Waals surface area contributed by atoms with Crippen LogP contribution in [0.1, 0.15) is 57.2 Å². The third-order valence-electron chi connectivity index (χ3n) is 4.03. The average Bonchev–Trinajstić information content (AvgIpc) is 2.43. The number of hydrogen-bond acceptors (Lipinski definition) is 2. The van der Waals surface area contributed by atoms with Gasteiger partial charge in [0.05, 0.1) is 0 Å². The molecule has 0 saturated carbocycles. The topological polar surface area (TPSA) is 24.9 Å². The Labute approximate surface area is 111 Å². The van der Waals surface area contributed by atoms with Gasteiger partial charge < -0.3 is 5.32 Å². The van der Waals surface area contributed by atoms with Crippen LogP contribution in [0.3, 0.4) is 0 Å². The molecule has 1 N–H and O–H groups in total. The van der Waals surface area contributed by atoms with E-state index in [4.69, 9.17) is 4.98 Å². The first-order valence-corrected chi connectivity index (χ1v) is 7.52. The van der Waals surface area contributed by atoms with Crippen LogP contribution in [0.4, 0.5) is 5.82 Å². The quantitative estimate of drug-likeness (QED) is 0.761.